The number of nitrogens with zero attached hydrogens (tertiary/aromatic N) is 2. The van der Waals surface area contributed by atoms with E-state index in [9.17, 15) is 14.7 Å². The van der Waals surface area contributed by atoms with E-state index in [2.05, 4.69) is 10.3 Å². The number of hydrogen-bond acceptors (Lipinski definition) is 4. The molecule has 0 saturated carbocycles. The van der Waals surface area contributed by atoms with Crippen molar-refractivity contribution in [2.24, 2.45) is 7.05 Å². The molecular formula is C12H11N3O4. The maximum atomic E-state index is 11.9. The first-order valence-corrected chi connectivity index (χ1v) is 5.33. The predicted octanol–water partition coefficient (Wildman–Crippen LogP) is 1.08. The first kappa shape index (κ1) is 12.6. The second-order valence-electron chi connectivity index (χ2n) is 3.88. The molecule has 1 aromatic carbocycles. The lowest BCUT2D eigenvalue weighted by Crippen LogP contribution is -2.15. The van der Waals surface area contributed by atoms with E-state index in [1.54, 1.807) is 7.05 Å². The van der Waals surface area contributed by atoms with Gasteiger partial charge < -0.3 is 20.1 Å². The van der Waals surface area contributed by atoms with Crippen LogP contribution in [0.4, 0.5) is 5.69 Å². The van der Waals surface area contributed by atoms with Crippen molar-refractivity contribution in [3.8, 4) is 5.75 Å². The fourth-order valence-corrected chi connectivity index (χ4v) is 1.53. The zero-order valence-electron chi connectivity index (χ0n) is 9.99. The van der Waals surface area contributed by atoms with E-state index in [1.807, 2.05) is 0 Å². The van der Waals surface area contributed by atoms with Crippen molar-refractivity contribution in [2.75, 3.05) is 5.32 Å². The van der Waals surface area contributed by atoms with E-state index in [1.165, 1.54) is 29.2 Å². The fraction of sp³-hybridized carbons (Fsp3) is 0.0833. The van der Waals surface area contributed by atoms with Crippen LogP contribution in [0.3, 0.4) is 0 Å². The Morgan fingerprint density at radius 3 is 2.63 bits per heavy atom. The number of aromatic carboxylic acids is 1. The van der Waals surface area contributed by atoms with E-state index < -0.39 is 11.9 Å². The molecule has 0 unspecified atom stereocenters. The number of carboxylic acids is 1. The third-order valence-electron chi connectivity index (χ3n) is 2.54. The molecule has 7 heteroatoms. The van der Waals surface area contributed by atoms with Crippen LogP contribution in [0.5, 0.6) is 5.75 Å². The molecular weight excluding hydrogens is 250 g/mol. The van der Waals surface area contributed by atoms with Crippen LogP contribution >= 0.6 is 0 Å². The number of phenols is 1. The minimum absolute atomic E-state index is 0.0592. The Morgan fingerprint density at radius 2 is 2.11 bits per heavy atom. The van der Waals surface area contributed by atoms with Gasteiger partial charge in [-0.1, -0.05) is 0 Å². The van der Waals surface area contributed by atoms with Crippen molar-refractivity contribution in [3.05, 3.63) is 42.0 Å². The number of amides is 1. The molecule has 0 saturated heterocycles. The summed E-state index contributed by atoms with van der Waals surface area (Å²) in [5, 5.41) is 20.9. The van der Waals surface area contributed by atoms with Gasteiger partial charge in [0, 0.05) is 7.05 Å². The normalized spacial score (nSPS) is 10.2. The summed E-state index contributed by atoms with van der Waals surface area (Å²) in [6.07, 6.45) is 2.86. The number of aromatic nitrogens is 2. The monoisotopic (exact) mass is 261 g/mol. The average molecular weight is 261 g/mol. The van der Waals surface area contributed by atoms with Crippen LogP contribution in [-0.2, 0) is 7.05 Å². The molecule has 0 fully saturated rings. The molecule has 3 N–H and O–H groups in total. The highest BCUT2D eigenvalue weighted by molar-refractivity contribution is 6.04. The molecule has 1 heterocycles. The van der Waals surface area contributed by atoms with Crippen molar-refractivity contribution < 1.29 is 19.8 Å². The number of benzene rings is 1. The smallest absolute Gasteiger partial charge is 0.335 e. The number of carbonyl (C=O) groups excluding carboxylic acids is 1. The lowest BCUT2D eigenvalue weighted by Gasteiger charge is -2.08. The molecule has 2 rings (SSSR count). The first-order valence-electron chi connectivity index (χ1n) is 5.33. The number of aromatic hydroxyl groups is 1. The summed E-state index contributed by atoms with van der Waals surface area (Å²) >= 11 is 0. The topological polar surface area (TPSA) is 104 Å². The summed E-state index contributed by atoms with van der Waals surface area (Å²) in [5.41, 5.74) is 0.397. The van der Waals surface area contributed by atoms with Gasteiger partial charge in [0.15, 0.2) is 0 Å². The van der Waals surface area contributed by atoms with Crippen LogP contribution in [0.2, 0.25) is 0 Å². The Hall–Kier alpha value is -2.83. The summed E-state index contributed by atoms with van der Waals surface area (Å²) < 4.78 is 1.53. The molecule has 0 atom stereocenters. The van der Waals surface area contributed by atoms with E-state index in [0.717, 1.165) is 6.07 Å². The van der Waals surface area contributed by atoms with E-state index >= 15 is 0 Å². The molecule has 0 aliphatic heterocycles. The number of phenolic OH excluding ortho intramolecular Hbond substituents is 1. The number of hydrogen-bond donors (Lipinski definition) is 3. The molecule has 0 bridgehead atoms. The Kier molecular flexibility index (Phi) is 3.19. The molecule has 19 heavy (non-hydrogen) atoms. The van der Waals surface area contributed by atoms with E-state index in [-0.39, 0.29) is 17.0 Å². The van der Waals surface area contributed by atoms with Gasteiger partial charge in [0.25, 0.3) is 5.91 Å². The van der Waals surface area contributed by atoms with Crippen LogP contribution in [0.1, 0.15) is 20.8 Å². The van der Waals surface area contributed by atoms with Crippen molar-refractivity contribution in [2.45, 2.75) is 0 Å². The minimum Gasteiger partial charge on any atom is -0.506 e. The van der Waals surface area contributed by atoms with Crippen molar-refractivity contribution in [3.63, 3.8) is 0 Å². The molecule has 98 valence electrons. The summed E-state index contributed by atoms with van der Waals surface area (Å²) in [6, 6.07) is 3.69. The number of carboxylic acid groups (broad SMARTS) is 1. The number of rotatable bonds is 3. The number of carbonyl (C=O) groups is 2. The largest absolute Gasteiger partial charge is 0.506 e. The molecule has 0 aliphatic rings. The van der Waals surface area contributed by atoms with E-state index in [0.29, 0.717) is 5.69 Å². The predicted molar refractivity (Wildman–Crippen MR) is 66.2 cm³/mol. The van der Waals surface area contributed by atoms with Crippen molar-refractivity contribution >= 4 is 17.6 Å². The lowest BCUT2D eigenvalue weighted by molar-refractivity contribution is 0.0696. The number of anilines is 1. The second kappa shape index (κ2) is 4.81. The average Bonchev–Trinajstić information content (AvgIpc) is 2.77. The van der Waals surface area contributed by atoms with Gasteiger partial charge in [-0.3, -0.25) is 4.79 Å². The minimum atomic E-state index is -1.15. The van der Waals surface area contributed by atoms with Gasteiger partial charge in [0.05, 0.1) is 23.8 Å². The molecule has 0 radical (unpaired) electrons. The van der Waals surface area contributed by atoms with Crippen LogP contribution in [-0.4, -0.2) is 31.6 Å². The highest BCUT2D eigenvalue weighted by Gasteiger charge is 2.13. The maximum Gasteiger partial charge on any atom is 0.335 e. The van der Waals surface area contributed by atoms with Gasteiger partial charge >= 0.3 is 5.97 Å². The molecule has 7 nitrogen and oxygen atoms in total. The summed E-state index contributed by atoms with van der Waals surface area (Å²) in [4.78, 5) is 26.4. The number of nitrogens with one attached hydrogen (secondary N) is 1. The van der Waals surface area contributed by atoms with Gasteiger partial charge in [-0.05, 0) is 18.2 Å². The first-order chi connectivity index (χ1) is 8.99. The van der Waals surface area contributed by atoms with Gasteiger partial charge in [0.2, 0.25) is 0 Å². The highest BCUT2D eigenvalue weighted by atomic mass is 16.4. The third-order valence-corrected chi connectivity index (χ3v) is 2.54. The van der Waals surface area contributed by atoms with Crippen LogP contribution in [0, 0.1) is 0 Å². The molecule has 2 aromatic rings. The SMILES string of the molecule is Cn1cncc1C(=O)Nc1ccc(C(=O)O)cc1O. The Bertz CT molecular complexity index is 648. The van der Waals surface area contributed by atoms with Gasteiger partial charge in [0.1, 0.15) is 11.4 Å². The van der Waals surface area contributed by atoms with Crippen molar-refractivity contribution in [1.29, 1.82) is 0 Å². The van der Waals surface area contributed by atoms with Crippen LogP contribution in [0.15, 0.2) is 30.7 Å². The quantitative estimate of drug-likeness (QED) is 0.717. The zero-order chi connectivity index (χ0) is 14.0. The third kappa shape index (κ3) is 2.54. The van der Waals surface area contributed by atoms with Gasteiger partial charge in [-0.2, -0.15) is 0 Å². The number of aryl methyl sites for hydroxylation is 1. The Morgan fingerprint density at radius 1 is 1.37 bits per heavy atom. The van der Waals surface area contributed by atoms with Crippen LogP contribution in [0.25, 0.3) is 0 Å². The number of imidazole rings is 1. The molecule has 0 aliphatic carbocycles. The van der Waals surface area contributed by atoms with Gasteiger partial charge in [-0.15, -0.1) is 0 Å². The summed E-state index contributed by atoms with van der Waals surface area (Å²) in [7, 11) is 1.66. The maximum absolute atomic E-state index is 11.9. The van der Waals surface area contributed by atoms with Crippen molar-refractivity contribution in [1.82, 2.24) is 9.55 Å². The van der Waals surface area contributed by atoms with E-state index in [4.69, 9.17) is 5.11 Å². The molecule has 0 spiro atoms. The summed E-state index contributed by atoms with van der Waals surface area (Å²) in [6.45, 7) is 0. The Balaban J connectivity index is 2.23. The Labute approximate surface area is 108 Å². The zero-order valence-corrected chi connectivity index (χ0v) is 9.99. The highest BCUT2D eigenvalue weighted by Crippen LogP contribution is 2.24. The van der Waals surface area contributed by atoms with Gasteiger partial charge in [-0.25, -0.2) is 9.78 Å². The summed E-state index contributed by atoms with van der Waals surface area (Å²) in [5.74, 6) is -1.91. The standard InChI is InChI=1S/C12H11N3O4/c1-15-6-13-5-9(15)11(17)14-8-3-2-7(12(18)19)4-10(8)16/h2-6,16H,1H3,(H,14,17)(H,18,19). The molecule has 1 aromatic heterocycles. The lowest BCUT2D eigenvalue weighted by atomic mass is 10.2. The molecule has 1 amide bonds. The van der Waals surface area contributed by atoms with Crippen LogP contribution < -0.4 is 5.32 Å². The second-order valence-corrected chi connectivity index (χ2v) is 3.88. The fourth-order valence-electron chi connectivity index (χ4n) is 1.53.